The van der Waals surface area contributed by atoms with Gasteiger partial charge in [-0.1, -0.05) is 12.1 Å². The molecule has 3 heterocycles. The Morgan fingerprint density at radius 1 is 1.43 bits per heavy atom. The van der Waals surface area contributed by atoms with Crippen LogP contribution in [0.1, 0.15) is 12.8 Å². The number of hydrogen-bond donors (Lipinski definition) is 2. The quantitative estimate of drug-likeness (QED) is 0.898. The molecule has 0 saturated carbocycles. The Bertz CT molecular complexity index is 686. The summed E-state index contributed by atoms with van der Waals surface area (Å²) in [5, 5.41) is 6.44. The van der Waals surface area contributed by atoms with Crippen molar-refractivity contribution in [3.8, 4) is 0 Å². The average Bonchev–Trinajstić information content (AvgIpc) is 3.25. The van der Waals surface area contributed by atoms with Crippen molar-refractivity contribution >= 4 is 23.0 Å². The first-order valence-electron chi connectivity index (χ1n) is 7.97. The molecule has 6 nitrogen and oxygen atoms in total. The molecule has 0 spiro atoms. The molecular formula is C16H19FN4O2. The molecular weight excluding hydrogens is 299 g/mol. The van der Waals surface area contributed by atoms with Crippen LogP contribution in [0.2, 0.25) is 0 Å². The third-order valence-corrected chi connectivity index (χ3v) is 4.49. The lowest BCUT2D eigenvalue weighted by atomic mass is 10.1. The first-order valence-corrected chi connectivity index (χ1v) is 7.97. The van der Waals surface area contributed by atoms with E-state index in [2.05, 4.69) is 15.6 Å². The summed E-state index contributed by atoms with van der Waals surface area (Å²) in [6, 6.07) is 7.85. The van der Waals surface area contributed by atoms with Crippen LogP contribution < -0.4 is 10.6 Å². The van der Waals surface area contributed by atoms with Gasteiger partial charge >= 0.3 is 0 Å². The van der Waals surface area contributed by atoms with Crippen molar-refractivity contribution in [3.05, 3.63) is 24.3 Å². The molecule has 1 amide bonds. The third kappa shape index (κ3) is 2.88. The van der Waals surface area contributed by atoms with E-state index in [1.807, 2.05) is 24.3 Å². The summed E-state index contributed by atoms with van der Waals surface area (Å²) >= 11 is 0. The molecule has 2 aliphatic heterocycles. The number of nitrogens with zero attached hydrogens (tertiary/aromatic N) is 2. The fourth-order valence-corrected chi connectivity index (χ4v) is 3.28. The van der Waals surface area contributed by atoms with E-state index in [-0.39, 0.29) is 24.5 Å². The summed E-state index contributed by atoms with van der Waals surface area (Å²) in [6.07, 6.45) is 0.211. The number of amides is 1. The molecule has 2 fully saturated rings. The predicted octanol–water partition coefficient (Wildman–Crippen LogP) is 1.54. The maximum absolute atomic E-state index is 13.2. The normalized spacial score (nSPS) is 27.7. The lowest BCUT2D eigenvalue weighted by molar-refractivity contribution is -0.132. The zero-order chi connectivity index (χ0) is 15.8. The van der Waals surface area contributed by atoms with Crippen molar-refractivity contribution in [1.82, 2.24) is 15.2 Å². The molecule has 2 aromatic rings. The van der Waals surface area contributed by atoms with Crippen molar-refractivity contribution < 1.29 is 13.6 Å². The number of hydrogen-bond acceptors (Lipinski definition) is 5. The van der Waals surface area contributed by atoms with Crippen LogP contribution in [0.5, 0.6) is 0 Å². The van der Waals surface area contributed by atoms with Crippen molar-refractivity contribution in [2.45, 2.75) is 31.1 Å². The number of aromatic nitrogens is 1. The van der Waals surface area contributed by atoms with Crippen LogP contribution in [0.25, 0.3) is 11.1 Å². The minimum Gasteiger partial charge on any atom is -0.424 e. The predicted molar refractivity (Wildman–Crippen MR) is 83.9 cm³/mol. The zero-order valence-electron chi connectivity index (χ0n) is 12.7. The standard InChI is InChI=1S/C16H19FN4O2/c17-10-5-6-21(9-10)15(22)13-7-11(8-18-13)19-16-20-12-3-1-2-4-14(12)23-16/h1-4,10-11,13,18H,5-9H2,(H,19,20)/t10?,11-,13-/m0/s1. The molecule has 4 rings (SSSR count). The van der Waals surface area contributed by atoms with Crippen molar-refractivity contribution in [3.63, 3.8) is 0 Å². The van der Waals surface area contributed by atoms with Gasteiger partial charge in [-0.3, -0.25) is 4.79 Å². The number of fused-ring (bicyclic) bond motifs is 1. The van der Waals surface area contributed by atoms with Gasteiger partial charge in [-0.15, -0.1) is 0 Å². The summed E-state index contributed by atoms with van der Waals surface area (Å²) in [5.74, 6) is -0.00739. The topological polar surface area (TPSA) is 70.4 Å². The molecule has 7 heteroatoms. The van der Waals surface area contributed by atoms with Gasteiger partial charge in [-0.2, -0.15) is 4.98 Å². The van der Waals surface area contributed by atoms with Crippen molar-refractivity contribution in [2.24, 2.45) is 0 Å². The number of halogens is 1. The largest absolute Gasteiger partial charge is 0.424 e. The SMILES string of the molecule is O=C([C@@H]1C[C@H](Nc2nc3ccccc3o2)CN1)N1CCC(F)C1. The molecule has 0 aliphatic carbocycles. The second-order valence-corrected chi connectivity index (χ2v) is 6.19. The molecule has 1 aromatic carbocycles. The van der Waals surface area contributed by atoms with E-state index in [9.17, 15) is 9.18 Å². The van der Waals surface area contributed by atoms with Gasteiger partial charge in [-0.05, 0) is 25.0 Å². The van der Waals surface area contributed by atoms with E-state index in [1.165, 1.54) is 0 Å². The number of oxazole rings is 1. The maximum atomic E-state index is 13.2. The van der Waals surface area contributed by atoms with Crippen molar-refractivity contribution in [2.75, 3.05) is 25.0 Å². The highest BCUT2D eigenvalue weighted by Gasteiger charge is 2.35. The van der Waals surface area contributed by atoms with Gasteiger partial charge in [0.2, 0.25) is 5.91 Å². The number of carbonyl (C=O) groups excluding carboxylic acids is 1. The highest BCUT2D eigenvalue weighted by molar-refractivity contribution is 5.82. The van der Waals surface area contributed by atoms with Gasteiger partial charge in [0, 0.05) is 19.1 Å². The van der Waals surface area contributed by atoms with E-state index in [4.69, 9.17) is 4.42 Å². The number of benzene rings is 1. The Morgan fingerprint density at radius 3 is 3.09 bits per heavy atom. The number of likely N-dealkylation sites (tertiary alicyclic amines) is 1. The summed E-state index contributed by atoms with van der Waals surface area (Å²) in [7, 11) is 0. The molecule has 0 bridgehead atoms. The van der Waals surface area contributed by atoms with E-state index < -0.39 is 6.17 Å². The molecule has 3 atom stereocenters. The van der Waals surface area contributed by atoms with Crippen molar-refractivity contribution in [1.29, 1.82) is 0 Å². The Hall–Kier alpha value is -2.15. The van der Waals surface area contributed by atoms with Crippen LogP contribution >= 0.6 is 0 Å². The first-order chi connectivity index (χ1) is 11.2. The maximum Gasteiger partial charge on any atom is 0.295 e. The lowest BCUT2D eigenvalue weighted by Crippen LogP contribution is -2.42. The second-order valence-electron chi connectivity index (χ2n) is 6.19. The number of carbonyl (C=O) groups is 1. The highest BCUT2D eigenvalue weighted by atomic mass is 19.1. The van der Waals surface area contributed by atoms with Gasteiger partial charge in [0.05, 0.1) is 12.6 Å². The Labute approximate surface area is 133 Å². The van der Waals surface area contributed by atoms with Crippen LogP contribution in [0, 0.1) is 0 Å². The molecule has 2 N–H and O–H groups in total. The molecule has 2 aliphatic rings. The smallest absolute Gasteiger partial charge is 0.295 e. The van der Waals surface area contributed by atoms with Gasteiger partial charge in [0.15, 0.2) is 5.58 Å². The Morgan fingerprint density at radius 2 is 2.30 bits per heavy atom. The first kappa shape index (κ1) is 14.4. The van der Waals surface area contributed by atoms with Crippen LogP contribution in [0.3, 0.4) is 0 Å². The molecule has 0 radical (unpaired) electrons. The highest BCUT2D eigenvalue weighted by Crippen LogP contribution is 2.22. The molecule has 23 heavy (non-hydrogen) atoms. The van der Waals surface area contributed by atoms with Crippen LogP contribution in [0.4, 0.5) is 10.4 Å². The molecule has 122 valence electrons. The summed E-state index contributed by atoms with van der Waals surface area (Å²) in [4.78, 5) is 18.4. The van der Waals surface area contributed by atoms with E-state index in [0.717, 1.165) is 11.1 Å². The fraction of sp³-hybridized carbons (Fsp3) is 0.500. The lowest BCUT2D eigenvalue weighted by Gasteiger charge is -2.19. The Balaban J connectivity index is 1.37. The Kier molecular flexibility index (Phi) is 3.65. The molecule has 2 saturated heterocycles. The number of alkyl halides is 1. The average molecular weight is 318 g/mol. The summed E-state index contributed by atoms with van der Waals surface area (Å²) in [6.45, 7) is 1.39. The van der Waals surface area contributed by atoms with Gasteiger partial charge < -0.3 is 20.0 Å². The molecule has 1 unspecified atom stereocenters. The van der Waals surface area contributed by atoms with E-state index >= 15 is 0 Å². The van der Waals surface area contributed by atoms with Crippen LogP contribution in [-0.4, -0.2) is 53.7 Å². The number of para-hydroxylation sites is 2. The van der Waals surface area contributed by atoms with Gasteiger partial charge in [-0.25, -0.2) is 4.39 Å². The van der Waals surface area contributed by atoms with Crippen LogP contribution in [-0.2, 0) is 4.79 Å². The second kappa shape index (κ2) is 5.81. The van der Waals surface area contributed by atoms with Crippen LogP contribution in [0.15, 0.2) is 28.7 Å². The minimum absolute atomic E-state index is 0.00739. The third-order valence-electron chi connectivity index (χ3n) is 4.49. The van der Waals surface area contributed by atoms with E-state index in [1.54, 1.807) is 4.90 Å². The minimum atomic E-state index is -0.881. The monoisotopic (exact) mass is 318 g/mol. The fourth-order valence-electron chi connectivity index (χ4n) is 3.28. The summed E-state index contributed by atoms with van der Waals surface area (Å²) < 4.78 is 18.9. The van der Waals surface area contributed by atoms with Gasteiger partial charge in [0.1, 0.15) is 11.7 Å². The van der Waals surface area contributed by atoms with Gasteiger partial charge in [0.25, 0.3) is 6.01 Å². The number of anilines is 1. The van der Waals surface area contributed by atoms with E-state index in [0.29, 0.717) is 31.9 Å². The number of rotatable bonds is 3. The summed E-state index contributed by atoms with van der Waals surface area (Å²) in [5.41, 5.74) is 1.54. The molecule has 1 aromatic heterocycles. The number of nitrogens with one attached hydrogen (secondary N) is 2. The zero-order valence-corrected chi connectivity index (χ0v) is 12.7.